The van der Waals surface area contributed by atoms with Crippen LogP contribution in [0, 0.1) is 20.8 Å². The summed E-state index contributed by atoms with van der Waals surface area (Å²) in [5.74, 6) is 0.219. The molecule has 0 atom stereocenters. The lowest BCUT2D eigenvalue weighted by atomic mass is 10.0. The third-order valence-electron chi connectivity index (χ3n) is 5.87. The van der Waals surface area contributed by atoms with E-state index < -0.39 is 0 Å². The predicted molar refractivity (Wildman–Crippen MR) is 123 cm³/mol. The molecular weight excluding hydrogens is 406 g/mol. The summed E-state index contributed by atoms with van der Waals surface area (Å²) in [6, 6.07) is 12.9. The second kappa shape index (κ2) is 10.8. The summed E-state index contributed by atoms with van der Waals surface area (Å²) in [5.41, 5.74) is 3.71. The first-order valence-electron chi connectivity index (χ1n) is 10.9. The number of carbonyl (C=O) groups is 3. The first kappa shape index (κ1) is 23.3. The van der Waals surface area contributed by atoms with Crippen LogP contribution in [0.4, 0.5) is 0 Å². The molecule has 0 bridgehead atoms. The van der Waals surface area contributed by atoms with Gasteiger partial charge in [-0.3, -0.25) is 14.4 Å². The largest absolute Gasteiger partial charge is 0.483 e. The number of nitrogens with one attached hydrogen (secondary N) is 2. The highest BCUT2D eigenvalue weighted by molar-refractivity contribution is 5.96. The van der Waals surface area contributed by atoms with Gasteiger partial charge in [0.25, 0.3) is 11.8 Å². The number of piperidine rings is 1. The summed E-state index contributed by atoms with van der Waals surface area (Å²) in [7, 11) is 0. The molecule has 1 heterocycles. The summed E-state index contributed by atoms with van der Waals surface area (Å²) in [4.78, 5) is 38.6. The van der Waals surface area contributed by atoms with Crippen molar-refractivity contribution in [3.8, 4) is 5.75 Å². The maximum atomic E-state index is 12.4. The number of hydrogen-bond acceptors (Lipinski definition) is 4. The summed E-state index contributed by atoms with van der Waals surface area (Å²) >= 11 is 0. The van der Waals surface area contributed by atoms with Gasteiger partial charge in [0.2, 0.25) is 5.91 Å². The van der Waals surface area contributed by atoms with Gasteiger partial charge in [-0.1, -0.05) is 30.3 Å². The van der Waals surface area contributed by atoms with E-state index in [-0.39, 0.29) is 36.9 Å². The number of ether oxygens (including phenoxy) is 1. The van der Waals surface area contributed by atoms with Gasteiger partial charge in [0, 0.05) is 24.7 Å². The van der Waals surface area contributed by atoms with Crippen molar-refractivity contribution in [3.05, 3.63) is 64.7 Å². The van der Waals surface area contributed by atoms with Gasteiger partial charge in [0.1, 0.15) is 5.75 Å². The molecule has 0 unspecified atom stereocenters. The smallest absolute Gasteiger partial charge is 0.258 e. The van der Waals surface area contributed by atoms with E-state index in [9.17, 15) is 14.4 Å². The second-order valence-corrected chi connectivity index (χ2v) is 8.21. The minimum atomic E-state index is -0.264. The minimum absolute atomic E-state index is 0.00811. The molecule has 2 N–H and O–H groups in total. The van der Waals surface area contributed by atoms with E-state index in [1.165, 1.54) is 0 Å². The summed E-state index contributed by atoms with van der Waals surface area (Å²) in [6.45, 7) is 7.00. The lowest BCUT2D eigenvalue weighted by Crippen LogP contribution is -2.49. The number of nitrogens with zero attached hydrogens (tertiary/aromatic N) is 1. The number of aryl methyl sites for hydroxylation is 2. The molecule has 0 aliphatic carbocycles. The van der Waals surface area contributed by atoms with Crippen molar-refractivity contribution in [1.82, 2.24) is 15.5 Å². The molecule has 32 heavy (non-hydrogen) atoms. The molecule has 0 radical (unpaired) electrons. The van der Waals surface area contributed by atoms with Crippen molar-refractivity contribution in [2.24, 2.45) is 0 Å². The average molecular weight is 438 g/mol. The summed E-state index contributed by atoms with van der Waals surface area (Å²) in [6.07, 6.45) is 1.35. The van der Waals surface area contributed by atoms with Gasteiger partial charge in [-0.25, -0.2) is 0 Å². The lowest BCUT2D eigenvalue weighted by molar-refractivity contribution is -0.131. The fourth-order valence-electron chi connectivity index (χ4n) is 3.79. The molecule has 1 aliphatic heterocycles. The van der Waals surface area contributed by atoms with Gasteiger partial charge in [-0.05, 0) is 62.4 Å². The van der Waals surface area contributed by atoms with Gasteiger partial charge < -0.3 is 20.3 Å². The number of rotatable bonds is 7. The van der Waals surface area contributed by atoms with E-state index in [0.29, 0.717) is 31.5 Å². The SMILES string of the molecule is Cc1ccc(C)c(OCC(=O)NC2CCN(C(=O)CNC(=O)c3ccccc3)CC2)c1C. The number of hydrogen-bond donors (Lipinski definition) is 2. The molecule has 2 aromatic carbocycles. The summed E-state index contributed by atoms with van der Waals surface area (Å²) in [5, 5.41) is 5.67. The quantitative estimate of drug-likeness (QED) is 0.697. The van der Waals surface area contributed by atoms with Crippen molar-refractivity contribution in [3.63, 3.8) is 0 Å². The van der Waals surface area contributed by atoms with Crippen LogP contribution in [-0.2, 0) is 9.59 Å². The van der Waals surface area contributed by atoms with E-state index in [0.717, 1.165) is 22.4 Å². The Balaban J connectivity index is 1.39. The second-order valence-electron chi connectivity index (χ2n) is 8.21. The number of likely N-dealkylation sites (tertiary alicyclic amines) is 1. The van der Waals surface area contributed by atoms with Crippen molar-refractivity contribution in [1.29, 1.82) is 0 Å². The van der Waals surface area contributed by atoms with Crippen LogP contribution in [0.2, 0.25) is 0 Å². The summed E-state index contributed by atoms with van der Waals surface area (Å²) < 4.78 is 5.79. The van der Waals surface area contributed by atoms with Crippen LogP contribution in [0.1, 0.15) is 39.9 Å². The molecular formula is C25H31N3O4. The molecule has 2 aromatic rings. The monoisotopic (exact) mass is 437 g/mol. The lowest BCUT2D eigenvalue weighted by Gasteiger charge is -2.32. The number of carbonyl (C=O) groups excluding carboxylic acids is 3. The zero-order valence-corrected chi connectivity index (χ0v) is 18.9. The maximum Gasteiger partial charge on any atom is 0.258 e. The molecule has 1 aliphatic rings. The maximum absolute atomic E-state index is 12.4. The molecule has 3 amide bonds. The van der Waals surface area contributed by atoms with Crippen LogP contribution in [0.5, 0.6) is 5.75 Å². The molecule has 170 valence electrons. The highest BCUT2D eigenvalue weighted by atomic mass is 16.5. The molecule has 0 saturated carbocycles. The molecule has 7 heteroatoms. The third-order valence-corrected chi connectivity index (χ3v) is 5.87. The molecule has 1 fully saturated rings. The molecule has 1 saturated heterocycles. The number of amides is 3. The molecule has 7 nitrogen and oxygen atoms in total. The van der Waals surface area contributed by atoms with E-state index in [1.54, 1.807) is 29.2 Å². The zero-order chi connectivity index (χ0) is 23.1. The van der Waals surface area contributed by atoms with Crippen LogP contribution in [0.25, 0.3) is 0 Å². The zero-order valence-electron chi connectivity index (χ0n) is 18.9. The van der Waals surface area contributed by atoms with Gasteiger partial charge in [0.15, 0.2) is 6.61 Å². The minimum Gasteiger partial charge on any atom is -0.483 e. The Labute approximate surface area is 189 Å². The van der Waals surface area contributed by atoms with Crippen LogP contribution >= 0.6 is 0 Å². The number of benzene rings is 2. The van der Waals surface area contributed by atoms with Gasteiger partial charge in [0.05, 0.1) is 6.54 Å². The molecule has 3 rings (SSSR count). The van der Waals surface area contributed by atoms with Gasteiger partial charge in [-0.15, -0.1) is 0 Å². The Kier molecular flexibility index (Phi) is 7.87. The first-order valence-corrected chi connectivity index (χ1v) is 10.9. The van der Waals surface area contributed by atoms with Crippen LogP contribution in [0.3, 0.4) is 0 Å². The third kappa shape index (κ3) is 6.09. The van der Waals surface area contributed by atoms with E-state index in [1.807, 2.05) is 39.0 Å². The van der Waals surface area contributed by atoms with E-state index >= 15 is 0 Å². The van der Waals surface area contributed by atoms with Crippen LogP contribution in [0.15, 0.2) is 42.5 Å². The molecule has 0 aromatic heterocycles. The predicted octanol–water partition coefficient (Wildman–Crippen LogP) is 2.53. The normalized spacial score (nSPS) is 14.0. The van der Waals surface area contributed by atoms with Crippen LogP contribution in [-0.4, -0.2) is 54.9 Å². The highest BCUT2D eigenvalue weighted by Gasteiger charge is 2.24. The van der Waals surface area contributed by atoms with Crippen molar-refractivity contribution in [2.45, 2.75) is 39.7 Å². The Hall–Kier alpha value is -3.35. The van der Waals surface area contributed by atoms with Crippen molar-refractivity contribution in [2.75, 3.05) is 26.2 Å². The van der Waals surface area contributed by atoms with E-state index in [4.69, 9.17) is 4.74 Å². The Morgan fingerprint density at radius 3 is 2.31 bits per heavy atom. The standard InChI is InChI=1S/C25H31N3O4/c1-17-9-10-18(2)24(19(17)3)32-16-22(29)27-21-11-13-28(14-12-21)23(30)15-26-25(31)20-7-5-4-6-8-20/h4-10,21H,11-16H2,1-3H3,(H,26,31)(H,27,29). The van der Waals surface area contributed by atoms with Crippen molar-refractivity contribution >= 4 is 17.7 Å². The Morgan fingerprint density at radius 2 is 1.62 bits per heavy atom. The van der Waals surface area contributed by atoms with E-state index in [2.05, 4.69) is 10.6 Å². The molecule has 0 spiro atoms. The Bertz CT molecular complexity index is 967. The van der Waals surface area contributed by atoms with Gasteiger partial charge >= 0.3 is 0 Å². The fraction of sp³-hybridized carbons (Fsp3) is 0.400. The first-order chi connectivity index (χ1) is 15.3. The van der Waals surface area contributed by atoms with Crippen LogP contribution < -0.4 is 15.4 Å². The average Bonchev–Trinajstić information content (AvgIpc) is 2.80. The van der Waals surface area contributed by atoms with Gasteiger partial charge in [-0.2, -0.15) is 0 Å². The topological polar surface area (TPSA) is 87.7 Å². The van der Waals surface area contributed by atoms with Crippen molar-refractivity contribution < 1.29 is 19.1 Å². The fourth-order valence-corrected chi connectivity index (χ4v) is 3.79. The highest BCUT2D eigenvalue weighted by Crippen LogP contribution is 2.25. The Morgan fingerprint density at radius 1 is 0.969 bits per heavy atom.